The summed E-state index contributed by atoms with van der Waals surface area (Å²) in [5, 5.41) is 0.902. The average Bonchev–Trinajstić information content (AvgIpc) is 2.23. The Labute approximate surface area is 113 Å². The zero-order valence-corrected chi connectivity index (χ0v) is 12.9. The van der Waals surface area contributed by atoms with E-state index >= 15 is 0 Å². The van der Waals surface area contributed by atoms with Crippen LogP contribution in [0.4, 0.5) is 4.39 Å². The predicted octanol–water partition coefficient (Wildman–Crippen LogP) is 4.19. The fraction of sp³-hybridized carbons (Fsp3) is 0.500. The molecule has 0 aromatic heterocycles. The maximum Gasteiger partial charge on any atom is 0.137 e. The standard InChI is InChI=1S/C12H16Br2FN/c1-12(2,8-13)16(3)7-9-4-5-11(15)10(14)6-9/h4-6H,7-8H2,1-3H3. The Balaban J connectivity index is 2.77. The summed E-state index contributed by atoms with van der Waals surface area (Å²) in [4.78, 5) is 2.24. The molecule has 0 saturated heterocycles. The van der Waals surface area contributed by atoms with Crippen molar-refractivity contribution in [1.29, 1.82) is 0 Å². The molecule has 0 atom stereocenters. The van der Waals surface area contributed by atoms with Gasteiger partial charge in [0, 0.05) is 17.4 Å². The molecule has 0 bridgehead atoms. The van der Waals surface area contributed by atoms with Crippen molar-refractivity contribution in [3.63, 3.8) is 0 Å². The van der Waals surface area contributed by atoms with Gasteiger partial charge in [0.2, 0.25) is 0 Å². The van der Waals surface area contributed by atoms with Gasteiger partial charge in [0.25, 0.3) is 0 Å². The largest absolute Gasteiger partial charge is 0.296 e. The van der Waals surface area contributed by atoms with Crippen LogP contribution in [0.1, 0.15) is 19.4 Å². The molecular formula is C12H16Br2FN. The van der Waals surface area contributed by atoms with E-state index in [9.17, 15) is 4.39 Å². The minimum atomic E-state index is -0.217. The molecule has 1 nitrogen and oxygen atoms in total. The van der Waals surface area contributed by atoms with Crippen molar-refractivity contribution in [3.05, 3.63) is 34.1 Å². The Morgan fingerprint density at radius 1 is 1.38 bits per heavy atom. The fourth-order valence-electron chi connectivity index (χ4n) is 1.23. The molecule has 1 aromatic rings. The molecule has 90 valence electrons. The number of nitrogens with zero attached hydrogens (tertiary/aromatic N) is 1. The number of halogens is 3. The summed E-state index contributed by atoms with van der Waals surface area (Å²) in [5.41, 5.74) is 1.19. The van der Waals surface area contributed by atoms with Gasteiger partial charge in [-0.2, -0.15) is 0 Å². The Morgan fingerprint density at radius 2 is 2.00 bits per heavy atom. The Bertz CT molecular complexity index is 366. The van der Waals surface area contributed by atoms with Crippen LogP contribution < -0.4 is 0 Å². The second-order valence-corrected chi connectivity index (χ2v) is 5.97. The second kappa shape index (κ2) is 5.61. The zero-order valence-electron chi connectivity index (χ0n) is 9.73. The first-order chi connectivity index (χ1) is 7.36. The number of alkyl halides is 1. The van der Waals surface area contributed by atoms with Crippen molar-refractivity contribution in [2.45, 2.75) is 25.9 Å². The molecule has 0 spiro atoms. The van der Waals surface area contributed by atoms with Crippen molar-refractivity contribution >= 4 is 31.9 Å². The summed E-state index contributed by atoms with van der Waals surface area (Å²) in [5.74, 6) is -0.217. The highest BCUT2D eigenvalue weighted by Gasteiger charge is 2.21. The van der Waals surface area contributed by atoms with Gasteiger partial charge in [-0.3, -0.25) is 4.90 Å². The Kier molecular flexibility index (Phi) is 4.95. The third-order valence-corrected chi connectivity index (χ3v) is 4.74. The first-order valence-electron chi connectivity index (χ1n) is 5.08. The molecule has 1 aromatic carbocycles. The molecular weight excluding hydrogens is 337 g/mol. The molecule has 0 fully saturated rings. The molecule has 16 heavy (non-hydrogen) atoms. The number of benzene rings is 1. The molecule has 0 unspecified atom stereocenters. The van der Waals surface area contributed by atoms with Crippen molar-refractivity contribution in [2.24, 2.45) is 0 Å². The summed E-state index contributed by atoms with van der Waals surface area (Å²) < 4.78 is 13.6. The first-order valence-corrected chi connectivity index (χ1v) is 6.99. The van der Waals surface area contributed by atoms with Crippen molar-refractivity contribution in [3.8, 4) is 0 Å². The van der Waals surface area contributed by atoms with Crippen LogP contribution in [0.2, 0.25) is 0 Å². The van der Waals surface area contributed by atoms with E-state index < -0.39 is 0 Å². The van der Waals surface area contributed by atoms with Gasteiger partial charge in [0.1, 0.15) is 5.82 Å². The van der Waals surface area contributed by atoms with E-state index in [1.165, 1.54) is 6.07 Å². The zero-order chi connectivity index (χ0) is 12.3. The molecule has 0 aliphatic heterocycles. The minimum Gasteiger partial charge on any atom is -0.296 e. The fourth-order valence-corrected chi connectivity index (χ4v) is 2.08. The molecule has 0 aliphatic rings. The first kappa shape index (κ1) is 14.1. The predicted molar refractivity (Wildman–Crippen MR) is 73.4 cm³/mol. The molecule has 1 rings (SSSR count). The van der Waals surface area contributed by atoms with Gasteiger partial charge in [0.15, 0.2) is 0 Å². The van der Waals surface area contributed by atoms with Gasteiger partial charge < -0.3 is 0 Å². The molecule has 0 radical (unpaired) electrons. The summed E-state index contributed by atoms with van der Waals surface area (Å²) in [6.45, 7) is 5.14. The third kappa shape index (κ3) is 3.54. The smallest absolute Gasteiger partial charge is 0.137 e. The van der Waals surface area contributed by atoms with Crippen molar-refractivity contribution in [1.82, 2.24) is 4.90 Å². The summed E-state index contributed by atoms with van der Waals surface area (Å²) in [6, 6.07) is 5.14. The van der Waals surface area contributed by atoms with Crippen LogP contribution in [-0.2, 0) is 6.54 Å². The van der Waals surface area contributed by atoms with Crippen LogP contribution in [0.3, 0.4) is 0 Å². The molecule has 0 amide bonds. The van der Waals surface area contributed by atoms with Gasteiger partial charge >= 0.3 is 0 Å². The quantitative estimate of drug-likeness (QED) is 0.734. The average molecular weight is 353 g/mol. The van der Waals surface area contributed by atoms with E-state index in [0.717, 1.165) is 17.4 Å². The van der Waals surface area contributed by atoms with Gasteiger partial charge in [-0.25, -0.2) is 4.39 Å². The van der Waals surface area contributed by atoms with Crippen molar-refractivity contribution in [2.75, 3.05) is 12.4 Å². The highest BCUT2D eigenvalue weighted by atomic mass is 79.9. The van der Waals surface area contributed by atoms with Gasteiger partial charge in [0.05, 0.1) is 4.47 Å². The van der Waals surface area contributed by atoms with Crippen LogP contribution in [0.25, 0.3) is 0 Å². The maximum atomic E-state index is 13.1. The topological polar surface area (TPSA) is 3.24 Å². The summed E-state index contributed by atoms with van der Waals surface area (Å²) >= 11 is 6.70. The van der Waals surface area contributed by atoms with Crippen LogP contribution in [0.5, 0.6) is 0 Å². The monoisotopic (exact) mass is 351 g/mol. The van der Waals surface area contributed by atoms with E-state index in [1.807, 2.05) is 12.1 Å². The molecule has 0 saturated carbocycles. The molecule has 0 aliphatic carbocycles. The number of rotatable bonds is 4. The van der Waals surface area contributed by atoms with Gasteiger partial charge in [-0.15, -0.1) is 0 Å². The van der Waals surface area contributed by atoms with Crippen LogP contribution in [-0.4, -0.2) is 22.8 Å². The van der Waals surface area contributed by atoms with E-state index in [2.05, 4.69) is 57.7 Å². The lowest BCUT2D eigenvalue weighted by Crippen LogP contribution is -2.41. The lowest BCUT2D eigenvalue weighted by molar-refractivity contribution is 0.173. The lowest BCUT2D eigenvalue weighted by Gasteiger charge is -2.34. The third-order valence-electron chi connectivity index (χ3n) is 2.76. The van der Waals surface area contributed by atoms with E-state index in [0.29, 0.717) is 4.47 Å². The van der Waals surface area contributed by atoms with Crippen LogP contribution >= 0.6 is 31.9 Å². The normalized spacial score (nSPS) is 12.2. The number of hydrogen-bond acceptors (Lipinski definition) is 1. The van der Waals surface area contributed by atoms with Crippen LogP contribution in [0, 0.1) is 5.82 Å². The Hall–Kier alpha value is 0.0700. The van der Waals surface area contributed by atoms with Crippen LogP contribution in [0.15, 0.2) is 22.7 Å². The lowest BCUT2D eigenvalue weighted by atomic mass is 10.1. The summed E-state index contributed by atoms with van der Waals surface area (Å²) in [6.07, 6.45) is 0. The van der Waals surface area contributed by atoms with E-state index in [-0.39, 0.29) is 11.4 Å². The maximum absolute atomic E-state index is 13.1. The molecule has 0 N–H and O–H groups in total. The summed E-state index contributed by atoms with van der Waals surface area (Å²) in [7, 11) is 2.07. The minimum absolute atomic E-state index is 0.0842. The van der Waals surface area contributed by atoms with Crippen molar-refractivity contribution < 1.29 is 4.39 Å². The van der Waals surface area contributed by atoms with E-state index in [4.69, 9.17) is 0 Å². The van der Waals surface area contributed by atoms with Gasteiger partial charge in [-0.05, 0) is 54.5 Å². The Morgan fingerprint density at radius 3 is 2.50 bits per heavy atom. The van der Waals surface area contributed by atoms with E-state index in [1.54, 1.807) is 0 Å². The number of hydrogen-bond donors (Lipinski definition) is 0. The highest BCUT2D eigenvalue weighted by Crippen LogP contribution is 2.21. The SMILES string of the molecule is CN(Cc1ccc(F)c(Br)c1)C(C)(C)CBr. The second-order valence-electron chi connectivity index (χ2n) is 4.55. The van der Waals surface area contributed by atoms with Gasteiger partial charge in [-0.1, -0.05) is 22.0 Å². The highest BCUT2D eigenvalue weighted by molar-refractivity contribution is 9.10. The molecule has 4 heteroatoms. The molecule has 0 heterocycles.